The van der Waals surface area contributed by atoms with E-state index in [1.807, 2.05) is 20.8 Å². The Labute approximate surface area is 142 Å². The summed E-state index contributed by atoms with van der Waals surface area (Å²) in [7, 11) is 0. The first kappa shape index (κ1) is 17.0. The van der Waals surface area contributed by atoms with Gasteiger partial charge in [0, 0.05) is 31.6 Å². The minimum Gasteiger partial charge on any atom is -0.450 e. The molecule has 0 spiro atoms. The molecule has 134 valence electrons. The van der Waals surface area contributed by atoms with Crippen molar-refractivity contribution in [2.75, 3.05) is 32.8 Å². The number of carbonyl (C=O) groups excluding carboxylic acids is 3. The molecule has 0 radical (unpaired) electrons. The normalized spacial score (nSPS) is 34.2. The molecule has 7 heteroatoms. The number of carbonyl (C=O) groups is 3. The summed E-state index contributed by atoms with van der Waals surface area (Å²) in [6, 6.07) is 0. The molecule has 7 nitrogen and oxygen atoms in total. The van der Waals surface area contributed by atoms with Crippen LogP contribution >= 0.6 is 0 Å². The van der Waals surface area contributed by atoms with Gasteiger partial charge in [0.15, 0.2) is 5.60 Å². The second kappa shape index (κ2) is 5.36. The first-order valence-corrected chi connectivity index (χ1v) is 8.64. The summed E-state index contributed by atoms with van der Waals surface area (Å²) >= 11 is 0. The number of fused-ring (bicyclic) bond motifs is 2. The average molecular weight is 338 g/mol. The summed E-state index contributed by atoms with van der Waals surface area (Å²) in [5, 5.41) is 0. The Balaban J connectivity index is 1.73. The molecule has 0 aromatic rings. The molecule has 2 bridgehead atoms. The van der Waals surface area contributed by atoms with Gasteiger partial charge in [0.25, 0.3) is 5.91 Å². The Bertz CT molecular complexity index is 582. The van der Waals surface area contributed by atoms with Crippen molar-refractivity contribution in [1.82, 2.24) is 9.80 Å². The Morgan fingerprint density at radius 1 is 1.08 bits per heavy atom. The molecule has 0 N–H and O–H groups in total. The number of rotatable bonds is 2. The molecule has 0 aromatic carbocycles. The molecule has 2 saturated heterocycles. The lowest BCUT2D eigenvalue weighted by molar-refractivity contribution is -0.174. The average Bonchev–Trinajstić information content (AvgIpc) is 2.85. The second-order valence-corrected chi connectivity index (χ2v) is 7.65. The van der Waals surface area contributed by atoms with E-state index in [9.17, 15) is 14.4 Å². The predicted octanol–water partition coefficient (Wildman–Crippen LogP) is 1.41. The zero-order valence-electron chi connectivity index (χ0n) is 14.9. The van der Waals surface area contributed by atoms with Gasteiger partial charge in [-0.1, -0.05) is 13.8 Å². The van der Waals surface area contributed by atoms with Crippen LogP contribution in [0.2, 0.25) is 0 Å². The van der Waals surface area contributed by atoms with Gasteiger partial charge in [0.05, 0.1) is 12.0 Å². The molecule has 3 aliphatic rings. The van der Waals surface area contributed by atoms with Crippen LogP contribution in [-0.4, -0.2) is 66.2 Å². The molecular weight excluding hydrogens is 312 g/mol. The third-order valence-electron chi connectivity index (χ3n) is 6.52. The summed E-state index contributed by atoms with van der Waals surface area (Å²) in [6.07, 6.45) is 0.899. The minimum atomic E-state index is -1.06. The number of esters is 1. The first-order valence-electron chi connectivity index (χ1n) is 8.64. The summed E-state index contributed by atoms with van der Waals surface area (Å²) in [4.78, 5) is 40.6. The van der Waals surface area contributed by atoms with E-state index < -0.39 is 16.4 Å². The molecule has 3 rings (SSSR count). The minimum absolute atomic E-state index is 0.120. The molecule has 2 atom stereocenters. The van der Waals surface area contributed by atoms with Gasteiger partial charge in [-0.3, -0.25) is 9.59 Å². The van der Waals surface area contributed by atoms with Gasteiger partial charge >= 0.3 is 12.1 Å². The lowest BCUT2D eigenvalue weighted by Gasteiger charge is -2.41. The van der Waals surface area contributed by atoms with Crippen LogP contribution in [0.4, 0.5) is 4.79 Å². The van der Waals surface area contributed by atoms with Crippen molar-refractivity contribution in [2.45, 2.75) is 46.1 Å². The molecule has 1 aliphatic carbocycles. The molecule has 24 heavy (non-hydrogen) atoms. The van der Waals surface area contributed by atoms with E-state index in [0.717, 1.165) is 0 Å². The lowest BCUT2D eigenvalue weighted by Crippen LogP contribution is -2.59. The monoisotopic (exact) mass is 338 g/mol. The van der Waals surface area contributed by atoms with Crippen LogP contribution in [0.1, 0.15) is 40.5 Å². The Morgan fingerprint density at radius 3 is 2.12 bits per heavy atom. The maximum absolute atomic E-state index is 13.2. The van der Waals surface area contributed by atoms with Crippen LogP contribution < -0.4 is 0 Å². The third kappa shape index (κ3) is 1.99. The summed E-state index contributed by atoms with van der Waals surface area (Å²) < 4.78 is 10.7. The van der Waals surface area contributed by atoms with Crippen molar-refractivity contribution >= 4 is 18.0 Å². The molecular formula is C17H26N2O5. The van der Waals surface area contributed by atoms with E-state index in [0.29, 0.717) is 45.6 Å². The van der Waals surface area contributed by atoms with Gasteiger partial charge in [-0.25, -0.2) is 4.79 Å². The molecule has 0 aromatic heterocycles. The summed E-state index contributed by atoms with van der Waals surface area (Å²) in [5.41, 5.74) is -2.20. The van der Waals surface area contributed by atoms with Crippen LogP contribution in [0.15, 0.2) is 0 Å². The molecule has 2 aliphatic heterocycles. The maximum Gasteiger partial charge on any atom is 0.409 e. The van der Waals surface area contributed by atoms with E-state index in [1.165, 1.54) is 0 Å². The van der Waals surface area contributed by atoms with E-state index in [2.05, 4.69) is 0 Å². The summed E-state index contributed by atoms with van der Waals surface area (Å²) in [5.74, 6) is -0.386. The highest BCUT2D eigenvalue weighted by molar-refractivity contribution is 5.96. The van der Waals surface area contributed by atoms with Gasteiger partial charge < -0.3 is 19.3 Å². The fraction of sp³-hybridized carbons (Fsp3) is 0.824. The van der Waals surface area contributed by atoms with Crippen molar-refractivity contribution in [2.24, 2.45) is 10.8 Å². The smallest absolute Gasteiger partial charge is 0.409 e. The highest BCUT2D eigenvalue weighted by atomic mass is 16.6. The van der Waals surface area contributed by atoms with E-state index in [-0.39, 0.29) is 18.0 Å². The van der Waals surface area contributed by atoms with Crippen LogP contribution in [0.25, 0.3) is 0 Å². The third-order valence-corrected chi connectivity index (χ3v) is 6.52. The topological polar surface area (TPSA) is 76.2 Å². The van der Waals surface area contributed by atoms with Crippen LogP contribution in [0.5, 0.6) is 0 Å². The highest BCUT2D eigenvalue weighted by Crippen LogP contribution is 2.65. The molecule has 2 amide bonds. The van der Waals surface area contributed by atoms with Gasteiger partial charge in [0.2, 0.25) is 0 Å². The predicted molar refractivity (Wildman–Crippen MR) is 85.1 cm³/mol. The Hall–Kier alpha value is -1.79. The zero-order valence-corrected chi connectivity index (χ0v) is 14.9. The zero-order chi connectivity index (χ0) is 17.8. The standard InChI is InChI=1S/C17H26N2O5/c1-5-23-14(22)19-10-8-18(9-11-19)12(20)17-7-6-16(4,13(21)24-17)15(17,2)3/h5-11H2,1-4H3. The number of amides is 2. The Kier molecular flexibility index (Phi) is 3.81. The number of hydrogen-bond acceptors (Lipinski definition) is 5. The molecule has 3 fully saturated rings. The van der Waals surface area contributed by atoms with Crippen molar-refractivity contribution < 1.29 is 23.9 Å². The fourth-order valence-corrected chi connectivity index (χ4v) is 4.28. The second-order valence-electron chi connectivity index (χ2n) is 7.65. The van der Waals surface area contributed by atoms with E-state index in [1.54, 1.807) is 16.7 Å². The largest absolute Gasteiger partial charge is 0.450 e. The van der Waals surface area contributed by atoms with Gasteiger partial charge in [0.1, 0.15) is 0 Å². The highest BCUT2D eigenvalue weighted by Gasteiger charge is 2.76. The van der Waals surface area contributed by atoms with Crippen LogP contribution in [-0.2, 0) is 19.1 Å². The number of ether oxygens (including phenoxy) is 2. The Morgan fingerprint density at radius 2 is 1.67 bits per heavy atom. The summed E-state index contributed by atoms with van der Waals surface area (Å²) in [6.45, 7) is 9.66. The SMILES string of the molecule is CCOC(=O)N1CCN(C(=O)C23CCC(C)(C(=O)O2)C3(C)C)CC1. The van der Waals surface area contributed by atoms with Crippen LogP contribution in [0.3, 0.4) is 0 Å². The number of nitrogens with zero attached hydrogens (tertiary/aromatic N) is 2. The van der Waals surface area contributed by atoms with Crippen molar-refractivity contribution in [3.8, 4) is 0 Å². The number of hydrogen-bond donors (Lipinski definition) is 0. The van der Waals surface area contributed by atoms with Gasteiger partial charge in [-0.15, -0.1) is 0 Å². The first-order chi connectivity index (χ1) is 11.2. The van der Waals surface area contributed by atoms with E-state index >= 15 is 0 Å². The molecule has 1 saturated carbocycles. The quantitative estimate of drug-likeness (QED) is 0.712. The maximum atomic E-state index is 13.2. The van der Waals surface area contributed by atoms with Crippen molar-refractivity contribution in [3.05, 3.63) is 0 Å². The van der Waals surface area contributed by atoms with E-state index in [4.69, 9.17) is 9.47 Å². The lowest BCUT2D eigenvalue weighted by atomic mass is 9.66. The number of piperazine rings is 1. The molecule has 2 unspecified atom stereocenters. The molecule has 2 heterocycles. The fourth-order valence-electron chi connectivity index (χ4n) is 4.28. The van der Waals surface area contributed by atoms with Gasteiger partial charge in [-0.2, -0.15) is 0 Å². The van der Waals surface area contributed by atoms with Crippen LogP contribution in [0, 0.1) is 10.8 Å². The van der Waals surface area contributed by atoms with Crippen molar-refractivity contribution in [3.63, 3.8) is 0 Å². The van der Waals surface area contributed by atoms with Crippen molar-refractivity contribution in [1.29, 1.82) is 0 Å². The van der Waals surface area contributed by atoms with Gasteiger partial charge in [-0.05, 0) is 26.7 Å².